The first-order valence-electron chi connectivity index (χ1n) is 6.51. The Hall–Kier alpha value is -0.650. The Kier molecular flexibility index (Phi) is 3.06. The number of rotatable bonds is 3. The SMILES string of the molecule is NC1COCC1C(=O)NC1CCOC1C1CC1. The maximum atomic E-state index is 12.1. The number of hydrogen-bond acceptors (Lipinski definition) is 4. The first kappa shape index (κ1) is 11.4. The highest BCUT2D eigenvalue weighted by molar-refractivity contribution is 5.80. The first-order valence-corrected chi connectivity index (χ1v) is 6.51. The summed E-state index contributed by atoms with van der Waals surface area (Å²) in [5.41, 5.74) is 5.84. The van der Waals surface area contributed by atoms with Gasteiger partial charge in [-0.25, -0.2) is 0 Å². The Morgan fingerprint density at radius 3 is 2.71 bits per heavy atom. The quantitative estimate of drug-likeness (QED) is 0.707. The van der Waals surface area contributed by atoms with Gasteiger partial charge in [0.15, 0.2) is 0 Å². The number of nitrogens with one attached hydrogen (secondary N) is 1. The fourth-order valence-electron chi connectivity index (χ4n) is 2.79. The molecule has 5 nitrogen and oxygen atoms in total. The van der Waals surface area contributed by atoms with Crippen molar-refractivity contribution in [1.29, 1.82) is 0 Å². The molecule has 0 aromatic heterocycles. The van der Waals surface area contributed by atoms with Crippen LogP contribution in [-0.2, 0) is 14.3 Å². The highest BCUT2D eigenvalue weighted by atomic mass is 16.5. The molecular formula is C12H20N2O3. The van der Waals surface area contributed by atoms with Crippen LogP contribution in [0.1, 0.15) is 19.3 Å². The molecular weight excluding hydrogens is 220 g/mol. The van der Waals surface area contributed by atoms with Crippen LogP contribution in [0.3, 0.4) is 0 Å². The van der Waals surface area contributed by atoms with Gasteiger partial charge in [-0.2, -0.15) is 0 Å². The number of ether oxygens (including phenoxy) is 2. The molecule has 0 radical (unpaired) electrons. The smallest absolute Gasteiger partial charge is 0.227 e. The average Bonchev–Trinajstić information content (AvgIpc) is 2.89. The number of carbonyl (C=O) groups is 1. The maximum absolute atomic E-state index is 12.1. The summed E-state index contributed by atoms with van der Waals surface area (Å²) in [4.78, 5) is 12.1. The van der Waals surface area contributed by atoms with E-state index in [1.54, 1.807) is 0 Å². The second-order valence-electron chi connectivity index (χ2n) is 5.38. The fourth-order valence-corrected chi connectivity index (χ4v) is 2.79. The van der Waals surface area contributed by atoms with Crippen molar-refractivity contribution < 1.29 is 14.3 Å². The van der Waals surface area contributed by atoms with Gasteiger partial charge in [0.1, 0.15) is 0 Å². The maximum Gasteiger partial charge on any atom is 0.227 e. The molecule has 17 heavy (non-hydrogen) atoms. The summed E-state index contributed by atoms with van der Waals surface area (Å²) in [7, 11) is 0. The van der Waals surface area contributed by atoms with E-state index in [4.69, 9.17) is 15.2 Å². The van der Waals surface area contributed by atoms with E-state index >= 15 is 0 Å². The molecule has 4 atom stereocenters. The van der Waals surface area contributed by atoms with Gasteiger partial charge in [0.05, 0.1) is 31.3 Å². The molecule has 1 aliphatic carbocycles. The zero-order valence-electron chi connectivity index (χ0n) is 9.93. The highest BCUT2D eigenvalue weighted by Crippen LogP contribution is 2.38. The fraction of sp³-hybridized carbons (Fsp3) is 0.917. The van der Waals surface area contributed by atoms with Crippen LogP contribution in [0, 0.1) is 11.8 Å². The van der Waals surface area contributed by atoms with E-state index in [2.05, 4.69) is 5.32 Å². The van der Waals surface area contributed by atoms with Gasteiger partial charge in [0.2, 0.25) is 5.91 Å². The van der Waals surface area contributed by atoms with Crippen LogP contribution in [0.5, 0.6) is 0 Å². The summed E-state index contributed by atoms with van der Waals surface area (Å²) < 4.78 is 10.9. The minimum atomic E-state index is -0.185. The lowest BCUT2D eigenvalue weighted by Gasteiger charge is -2.22. The molecule has 5 heteroatoms. The number of nitrogens with two attached hydrogens (primary N) is 1. The van der Waals surface area contributed by atoms with E-state index < -0.39 is 0 Å². The van der Waals surface area contributed by atoms with Crippen LogP contribution in [0.15, 0.2) is 0 Å². The summed E-state index contributed by atoms with van der Waals surface area (Å²) in [5.74, 6) is 0.517. The summed E-state index contributed by atoms with van der Waals surface area (Å²) in [6.07, 6.45) is 3.64. The van der Waals surface area contributed by atoms with Gasteiger partial charge in [-0.05, 0) is 25.2 Å². The van der Waals surface area contributed by atoms with Crippen LogP contribution in [0.4, 0.5) is 0 Å². The third-order valence-electron chi connectivity index (χ3n) is 4.01. The van der Waals surface area contributed by atoms with Crippen molar-refractivity contribution in [3.63, 3.8) is 0 Å². The van der Waals surface area contributed by atoms with Crippen LogP contribution in [-0.4, -0.2) is 43.9 Å². The Labute approximate surface area is 101 Å². The molecule has 0 spiro atoms. The van der Waals surface area contributed by atoms with Crippen molar-refractivity contribution >= 4 is 5.91 Å². The molecule has 0 aromatic rings. The van der Waals surface area contributed by atoms with Gasteiger partial charge in [-0.15, -0.1) is 0 Å². The molecule has 2 heterocycles. The predicted octanol–water partition coefficient (Wildman–Crippen LogP) is -0.356. The van der Waals surface area contributed by atoms with Gasteiger partial charge in [-0.3, -0.25) is 4.79 Å². The van der Waals surface area contributed by atoms with Gasteiger partial charge >= 0.3 is 0 Å². The van der Waals surface area contributed by atoms with Gasteiger partial charge in [0.25, 0.3) is 0 Å². The molecule has 0 aromatic carbocycles. The second-order valence-corrected chi connectivity index (χ2v) is 5.38. The lowest BCUT2D eigenvalue weighted by molar-refractivity contribution is -0.126. The molecule has 1 amide bonds. The number of carbonyl (C=O) groups excluding carboxylic acids is 1. The lowest BCUT2D eigenvalue weighted by atomic mass is 10.0. The highest BCUT2D eigenvalue weighted by Gasteiger charge is 2.42. The molecule has 3 aliphatic rings. The molecule has 3 rings (SSSR count). The van der Waals surface area contributed by atoms with Gasteiger partial charge in [-0.1, -0.05) is 0 Å². The van der Waals surface area contributed by atoms with Crippen molar-refractivity contribution in [2.45, 2.75) is 37.5 Å². The summed E-state index contributed by atoms with van der Waals surface area (Å²) in [5, 5.41) is 3.10. The second kappa shape index (κ2) is 4.55. The monoisotopic (exact) mass is 240 g/mol. The number of hydrogen-bond donors (Lipinski definition) is 2. The molecule has 2 saturated heterocycles. The lowest BCUT2D eigenvalue weighted by Crippen LogP contribution is -2.48. The Morgan fingerprint density at radius 1 is 1.24 bits per heavy atom. The van der Waals surface area contributed by atoms with Crippen molar-refractivity contribution in [3.05, 3.63) is 0 Å². The third kappa shape index (κ3) is 2.32. The Balaban J connectivity index is 1.56. The zero-order valence-corrected chi connectivity index (χ0v) is 9.93. The van der Waals surface area contributed by atoms with Crippen molar-refractivity contribution in [1.82, 2.24) is 5.32 Å². The topological polar surface area (TPSA) is 73.6 Å². The van der Waals surface area contributed by atoms with E-state index in [1.807, 2.05) is 0 Å². The first-order chi connectivity index (χ1) is 8.25. The van der Waals surface area contributed by atoms with Crippen LogP contribution in [0.25, 0.3) is 0 Å². The molecule has 96 valence electrons. The van der Waals surface area contributed by atoms with Crippen molar-refractivity contribution in [2.75, 3.05) is 19.8 Å². The van der Waals surface area contributed by atoms with Crippen molar-refractivity contribution in [2.24, 2.45) is 17.6 Å². The third-order valence-corrected chi connectivity index (χ3v) is 4.01. The molecule has 1 saturated carbocycles. The average molecular weight is 240 g/mol. The standard InChI is InChI=1S/C12H20N2O3/c13-9-6-16-5-8(9)12(15)14-10-3-4-17-11(10)7-1-2-7/h7-11H,1-6,13H2,(H,14,15). The van der Waals surface area contributed by atoms with E-state index in [1.165, 1.54) is 12.8 Å². The van der Waals surface area contributed by atoms with E-state index in [0.29, 0.717) is 19.1 Å². The minimum Gasteiger partial charge on any atom is -0.379 e. The Bertz CT molecular complexity index is 306. The molecule has 0 bridgehead atoms. The van der Waals surface area contributed by atoms with Gasteiger partial charge in [0, 0.05) is 12.6 Å². The van der Waals surface area contributed by atoms with Crippen LogP contribution >= 0.6 is 0 Å². The zero-order chi connectivity index (χ0) is 11.8. The van der Waals surface area contributed by atoms with Crippen LogP contribution < -0.4 is 11.1 Å². The summed E-state index contributed by atoms with van der Waals surface area (Å²) in [6, 6.07) is 0.0273. The van der Waals surface area contributed by atoms with Crippen LogP contribution in [0.2, 0.25) is 0 Å². The van der Waals surface area contributed by atoms with E-state index in [0.717, 1.165) is 13.0 Å². The number of amides is 1. The summed E-state index contributed by atoms with van der Waals surface area (Å²) in [6.45, 7) is 1.71. The van der Waals surface area contributed by atoms with Gasteiger partial charge < -0.3 is 20.5 Å². The predicted molar refractivity (Wildman–Crippen MR) is 61.3 cm³/mol. The molecule has 3 fully saturated rings. The largest absolute Gasteiger partial charge is 0.379 e. The normalized spacial score (nSPS) is 41.7. The van der Waals surface area contributed by atoms with Crippen molar-refractivity contribution in [3.8, 4) is 0 Å². The Morgan fingerprint density at radius 2 is 2.06 bits per heavy atom. The summed E-state index contributed by atoms with van der Waals surface area (Å²) >= 11 is 0. The molecule has 2 aliphatic heterocycles. The molecule has 4 unspecified atom stereocenters. The molecule has 3 N–H and O–H groups in total. The van der Waals surface area contributed by atoms with E-state index in [9.17, 15) is 4.79 Å². The van der Waals surface area contributed by atoms with E-state index in [-0.39, 0.29) is 30.0 Å². The minimum absolute atomic E-state index is 0.0381.